The second kappa shape index (κ2) is 9.80. The molecule has 0 radical (unpaired) electrons. The van der Waals surface area contributed by atoms with Crippen LogP contribution in [0.15, 0.2) is 47.6 Å². The highest BCUT2D eigenvalue weighted by molar-refractivity contribution is 7.99. The molecule has 2 aromatic carbocycles. The fraction of sp³-hybridized carbons (Fsp3) is 0.348. The van der Waals surface area contributed by atoms with Gasteiger partial charge < -0.3 is 14.6 Å². The fourth-order valence-electron chi connectivity index (χ4n) is 3.04. The minimum absolute atomic E-state index is 0.0753. The molecular formula is C23H28N4O2S. The zero-order valence-corrected chi connectivity index (χ0v) is 18.9. The lowest BCUT2D eigenvalue weighted by Crippen LogP contribution is -2.14. The molecule has 0 spiro atoms. The van der Waals surface area contributed by atoms with E-state index < -0.39 is 0 Å². The van der Waals surface area contributed by atoms with Crippen molar-refractivity contribution in [3.05, 3.63) is 65.0 Å². The van der Waals surface area contributed by atoms with Gasteiger partial charge in [-0.25, -0.2) is 0 Å². The Morgan fingerprint density at radius 1 is 1.10 bits per heavy atom. The van der Waals surface area contributed by atoms with Crippen molar-refractivity contribution in [2.24, 2.45) is 7.05 Å². The van der Waals surface area contributed by atoms with E-state index in [9.17, 15) is 4.79 Å². The molecule has 3 aromatic rings. The van der Waals surface area contributed by atoms with Gasteiger partial charge in [0.15, 0.2) is 11.0 Å². The number of para-hydroxylation sites is 1. The maximum atomic E-state index is 12.3. The number of carbonyl (C=O) groups excluding carboxylic acids is 1. The zero-order valence-electron chi connectivity index (χ0n) is 18.1. The van der Waals surface area contributed by atoms with Crippen LogP contribution in [-0.4, -0.2) is 26.4 Å². The molecule has 158 valence electrons. The number of ether oxygens (including phenoxy) is 1. The Bertz CT molecular complexity index is 992. The fourth-order valence-corrected chi connectivity index (χ4v) is 3.77. The van der Waals surface area contributed by atoms with Crippen LogP contribution in [0.4, 0.5) is 5.69 Å². The Labute approximate surface area is 182 Å². The lowest BCUT2D eigenvalue weighted by molar-refractivity contribution is -0.113. The lowest BCUT2D eigenvalue weighted by Gasteiger charge is -2.11. The number of hydrogen-bond donors (Lipinski definition) is 1. The van der Waals surface area contributed by atoms with E-state index in [1.807, 2.05) is 67.9 Å². The first-order valence-electron chi connectivity index (χ1n) is 9.95. The van der Waals surface area contributed by atoms with Crippen LogP contribution in [0.2, 0.25) is 0 Å². The van der Waals surface area contributed by atoms with E-state index in [0.717, 1.165) is 22.6 Å². The molecule has 1 heterocycles. The number of thioether (sulfide) groups is 1. The minimum atomic E-state index is -0.0753. The zero-order chi connectivity index (χ0) is 21.7. The highest BCUT2D eigenvalue weighted by Gasteiger charge is 2.13. The summed E-state index contributed by atoms with van der Waals surface area (Å²) in [5, 5.41) is 12.0. The van der Waals surface area contributed by atoms with Crippen LogP contribution in [0.25, 0.3) is 0 Å². The molecule has 30 heavy (non-hydrogen) atoms. The first kappa shape index (κ1) is 21.9. The van der Waals surface area contributed by atoms with Crippen LogP contribution in [0.5, 0.6) is 5.75 Å². The van der Waals surface area contributed by atoms with E-state index in [2.05, 4.69) is 29.4 Å². The van der Waals surface area contributed by atoms with Crippen LogP contribution in [0.3, 0.4) is 0 Å². The van der Waals surface area contributed by atoms with Gasteiger partial charge in [0.2, 0.25) is 5.91 Å². The maximum Gasteiger partial charge on any atom is 0.234 e. The monoisotopic (exact) mass is 424 g/mol. The van der Waals surface area contributed by atoms with E-state index in [4.69, 9.17) is 4.74 Å². The van der Waals surface area contributed by atoms with Gasteiger partial charge in [-0.05, 0) is 48.6 Å². The highest BCUT2D eigenvalue weighted by atomic mass is 32.2. The molecule has 6 nitrogen and oxygen atoms in total. The third-order valence-electron chi connectivity index (χ3n) is 4.87. The standard InChI is InChI=1S/C23H28N4O2S/c1-15(2)18-9-11-19(12-10-18)24-21(28)14-30-23-26-25-20(27(23)5)13-29-22-16(3)7-6-8-17(22)4/h6-12,15H,13-14H2,1-5H3,(H,24,28). The van der Waals surface area contributed by atoms with Crippen LogP contribution in [0, 0.1) is 13.8 Å². The van der Waals surface area contributed by atoms with Crippen molar-refractivity contribution in [2.75, 3.05) is 11.1 Å². The Kier molecular flexibility index (Phi) is 7.15. The maximum absolute atomic E-state index is 12.3. The molecule has 0 bridgehead atoms. The topological polar surface area (TPSA) is 69.0 Å². The van der Waals surface area contributed by atoms with Crippen LogP contribution in [-0.2, 0) is 18.4 Å². The first-order valence-corrected chi connectivity index (χ1v) is 10.9. The molecular weight excluding hydrogens is 396 g/mol. The quantitative estimate of drug-likeness (QED) is 0.523. The first-order chi connectivity index (χ1) is 14.3. The van der Waals surface area contributed by atoms with E-state index in [-0.39, 0.29) is 11.7 Å². The SMILES string of the molecule is Cc1cccc(C)c1OCc1nnc(SCC(=O)Nc2ccc(C(C)C)cc2)n1C. The molecule has 3 rings (SSSR count). The molecule has 0 aliphatic carbocycles. The third-order valence-corrected chi connectivity index (χ3v) is 5.89. The van der Waals surface area contributed by atoms with Gasteiger partial charge in [-0.3, -0.25) is 4.79 Å². The van der Waals surface area contributed by atoms with E-state index >= 15 is 0 Å². The van der Waals surface area contributed by atoms with Crippen LogP contribution >= 0.6 is 11.8 Å². The number of carbonyl (C=O) groups is 1. The van der Waals surface area contributed by atoms with Gasteiger partial charge in [0.25, 0.3) is 0 Å². The molecule has 0 saturated heterocycles. The van der Waals surface area contributed by atoms with Crippen LogP contribution < -0.4 is 10.1 Å². The van der Waals surface area contributed by atoms with Crippen molar-refractivity contribution in [1.29, 1.82) is 0 Å². The van der Waals surface area contributed by atoms with Gasteiger partial charge in [0.1, 0.15) is 12.4 Å². The summed E-state index contributed by atoms with van der Waals surface area (Å²) in [5.41, 5.74) is 4.22. The molecule has 0 aliphatic heterocycles. The predicted octanol–water partition coefficient (Wildman–Crippen LogP) is 4.87. The van der Waals surface area contributed by atoms with Gasteiger partial charge in [-0.15, -0.1) is 10.2 Å². The number of rotatable bonds is 8. The summed E-state index contributed by atoms with van der Waals surface area (Å²) in [6.45, 7) is 8.66. The average molecular weight is 425 g/mol. The normalized spacial score (nSPS) is 11.0. The number of hydrogen-bond acceptors (Lipinski definition) is 5. The summed E-state index contributed by atoms with van der Waals surface area (Å²) < 4.78 is 7.83. The Balaban J connectivity index is 1.54. The molecule has 1 N–H and O–H groups in total. The van der Waals surface area contributed by atoms with Gasteiger partial charge in [-0.2, -0.15) is 0 Å². The van der Waals surface area contributed by atoms with Crippen molar-refractivity contribution in [3.63, 3.8) is 0 Å². The summed E-state index contributed by atoms with van der Waals surface area (Å²) in [7, 11) is 1.88. The highest BCUT2D eigenvalue weighted by Crippen LogP contribution is 2.24. The largest absolute Gasteiger partial charge is 0.485 e. The minimum Gasteiger partial charge on any atom is -0.485 e. The van der Waals surface area contributed by atoms with E-state index in [0.29, 0.717) is 23.5 Å². The van der Waals surface area contributed by atoms with Crippen molar-refractivity contribution in [3.8, 4) is 5.75 Å². The summed E-state index contributed by atoms with van der Waals surface area (Å²) in [6, 6.07) is 14.0. The smallest absolute Gasteiger partial charge is 0.234 e. The molecule has 0 atom stereocenters. The number of anilines is 1. The summed E-state index contributed by atoms with van der Waals surface area (Å²) in [6.07, 6.45) is 0. The molecule has 0 aliphatic rings. The van der Waals surface area contributed by atoms with Gasteiger partial charge >= 0.3 is 0 Å². The number of amides is 1. The second-order valence-electron chi connectivity index (χ2n) is 7.58. The van der Waals surface area contributed by atoms with Gasteiger partial charge in [0.05, 0.1) is 5.75 Å². The number of nitrogens with zero attached hydrogens (tertiary/aromatic N) is 3. The van der Waals surface area contributed by atoms with E-state index in [1.54, 1.807) is 0 Å². The summed E-state index contributed by atoms with van der Waals surface area (Å²) in [5.74, 6) is 2.24. The van der Waals surface area contributed by atoms with Crippen LogP contribution in [0.1, 0.15) is 42.3 Å². The number of aryl methyl sites for hydroxylation is 2. The molecule has 0 fully saturated rings. The summed E-state index contributed by atoms with van der Waals surface area (Å²) in [4.78, 5) is 12.3. The number of aromatic nitrogens is 3. The van der Waals surface area contributed by atoms with Gasteiger partial charge in [0, 0.05) is 12.7 Å². The van der Waals surface area contributed by atoms with Crippen molar-refractivity contribution >= 4 is 23.4 Å². The number of benzene rings is 2. The third kappa shape index (κ3) is 5.42. The molecule has 1 aromatic heterocycles. The van der Waals surface area contributed by atoms with Gasteiger partial charge in [-0.1, -0.05) is 55.9 Å². The molecule has 1 amide bonds. The predicted molar refractivity (Wildman–Crippen MR) is 121 cm³/mol. The lowest BCUT2D eigenvalue weighted by atomic mass is 10.0. The molecule has 0 unspecified atom stereocenters. The Morgan fingerprint density at radius 3 is 2.40 bits per heavy atom. The van der Waals surface area contributed by atoms with Crippen molar-refractivity contribution < 1.29 is 9.53 Å². The Morgan fingerprint density at radius 2 is 1.77 bits per heavy atom. The van der Waals surface area contributed by atoms with E-state index in [1.165, 1.54) is 17.3 Å². The summed E-state index contributed by atoms with van der Waals surface area (Å²) >= 11 is 1.35. The number of nitrogens with one attached hydrogen (secondary N) is 1. The Hall–Kier alpha value is -2.80. The van der Waals surface area contributed by atoms with Crippen molar-refractivity contribution in [1.82, 2.24) is 14.8 Å². The molecule has 7 heteroatoms. The second-order valence-corrected chi connectivity index (χ2v) is 8.52. The molecule has 0 saturated carbocycles. The average Bonchev–Trinajstić information content (AvgIpc) is 3.06. The van der Waals surface area contributed by atoms with Crippen molar-refractivity contribution in [2.45, 2.75) is 45.4 Å².